The molecule has 0 amide bonds. The summed E-state index contributed by atoms with van der Waals surface area (Å²) in [7, 11) is 0. The lowest BCUT2D eigenvalue weighted by molar-refractivity contribution is 0.179. The van der Waals surface area contributed by atoms with Crippen LogP contribution in [0.25, 0.3) is 0 Å². The van der Waals surface area contributed by atoms with Crippen LogP contribution in [0.1, 0.15) is 42.4 Å². The van der Waals surface area contributed by atoms with Crippen molar-refractivity contribution in [1.29, 1.82) is 0 Å². The first-order valence-electron chi connectivity index (χ1n) is 9.45. The van der Waals surface area contributed by atoms with E-state index in [0.717, 1.165) is 12.2 Å². The van der Waals surface area contributed by atoms with Crippen LogP contribution in [0.2, 0.25) is 0 Å². The van der Waals surface area contributed by atoms with Crippen LogP contribution in [0.15, 0.2) is 74.0 Å². The van der Waals surface area contributed by atoms with Crippen molar-refractivity contribution in [3.8, 4) is 5.75 Å². The number of ether oxygens (including phenoxy) is 2. The van der Waals surface area contributed by atoms with Crippen LogP contribution in [-0.4, -0.2) is 13.2 Å². The molecule has 0 saturated heterocycles. The molecule has 0 aromatic heterocycles. The standard InChI is InChI=1S/C24H28O2/c1-3-7-20-8-10-21(11-9-20)24(16-5-6-17-24)22-12-14-23(15-13-22)26-19-18-25-4-2/h3-4,8-15H,1-2,5-7,16-19H2. The van der Waals surface area contributed by atoms with E-state index in [9.17, 15) is 0 Å². The Hall–Kier alpha value is -2.48. The molecule has 2 nitrogen and oxygen atoms in total. The van der Waals surface area contributed by atoms with Crippen LogP contribution in [0.5, 0.6) is 5.75 Å². The highest BCUT2D eigenvalue weighted by Gasteiger charge is 2.37. The molecule has 2 aromatic carbocycles. The summed E-state index contributed by atoms with van der Waals surface area (Å²) in [5, 5.41) is 0. The van der Waals surface area contributed by atoms with E-state index >= 15 is 0 Å². The third-order valence-corrected chi connectivity index (χ3v) is 5.34. The summed E-state index contributed by atoms with van der Waals surface area (Å²) < 4.78 is 10.8. The number of allylic oxidation sites excluding steroid dienone is 1. The van der Waals surface area contributed by atoms with E-state index in [0.29, 0.717) is 13.2 Å². The van der Waals surface area contributed by atoms with Crippen molar-refractivity contribution in [3.63, 3.8) is 0 Å². The number of hydrogen-bond acceptors (Lipinski definition) is 2. The average molecular weight is 348 g/mol. The van der Waals surface area contributed by atoms with Gasteiger partial charge in [0.25, 0.3) is 0 Å². The molecule has 0 aliphatic heterocycles. The minimum absolute atomic E-state index is 0.136. The van der Waals surface area contributed by atoms with Crippen LogP contribution in [0.3, 0.4) is 0 Å². The van der Waals surface area contributed by atoms with Gasteiger partial charge in [-0.3, -0.25) is 0 Å². The SMILES string of the molecule is C=CCc1ccc(C2(c3ccc(OCCOC=C)cc3)CCCC2)cc1. The predicted molar refractivity (Wildman–Crippen MR) is 108 cm³/mol. The zero-order valence-corrected chi connectivity index (χ0v) is 15.5. The van der Waals surface area contributed by atoms with E-state index in [1.54, 1.807) is 0 Å². The van der Waals surface area contributed by atoms with Gasteiger partial charge in [-0.2, -0.15) is 0 Å². The second kappa shape index (κ2) is 8.75. The average Bonchev–Trinajstić information content (AvgIpc) is 3.18. The minimum atomic E-state index is 0.136. The van der Waals surface area contributed by atoms with Gasteiger partial charge >= 0.3 is 0 Å². The molecule has 1 aliphatic carbocycles. The lowest BCUT2D eigenvalue weighted by atomic mass is 9.73. The number of benzene rings is 2. The van der Waals surface area contributed by atoms with Crippen molar-refractivity contribution in [2.75, 3.05) is 13.2 Å². The van der Waals surface area contributed by atoms with Gasteiger partial charge in [-0.1, -0.05) is 61.9 Å². The lowest BCUT2D eigenvalue weighted by Gasteiger charge is -2.31. The predicted octanol–water partition coefficient (Wildman–Crippen LogP) is 5.81. The summed E-state index contributed by atoms with van der Waals surface area (Å²) in [6, 6.07) is 17.7. The second-order valence-electron chi connectivity index (χ2n) is 6.89. The molecule has 2 heteroatoms. The lowest BCUT2D eigenvalue weighted by Crippen LogP contribution is -2.23. The quantitative estimate of drug-likeness (QED) is 0.323. The molecule has 0 spiro atoms. The molecule has 2 aromatic rings. The van der Waals surface area contributed by atoms with Crippen molar-refractivity contribution in [2.24, 2.45) is 0 Å². The normalized spacial score (nSPS) is 15.4. The Morgan fingerprint density at radius 2 is 1.46 bits per heavy atom. The van der Waals surface area contributed by atoms with E-state index in [2.05, 4.69) is 61.7 Å². The van der Waals surface area contributed by atoms with Crippen LogP contribution in [0, 0.1) is 0 Å². The van der Waals surface area contributed by atoms with Crippen molar-refractivity contribution in [1.82, 2.24) is 0 Å². The van der Waals surface area contributed by atoms with E-state index < -0.39 is 0 Å². The molecule has 1 aliphatic rings. The van der Waals surface area contributed by atoms with E-state index in [1.165, 1.54) is 48.6 Å². The summed E-state index contributed by atoms with van der Waals surface area (Å²) in [6.45, 7) is 8.41. The summed E-state index contributed by atoms with van der Waals surface area (Å²) in [6.07, 6.45) is 9.31. The van der Waals surface area contributed by atoms with Crippen LogP contribution >= 0.6 is 0 Å². The smallest absolute Gasteiger partial charge is 0.122 e. The third-order valence-electron chi connectivity index (χ3n) is 5.34. The van der Waals surface area contributed by atoms with Gasteiger partial charge in [0.05, 0.1) is 6.26 Å². The molecule has 0 radical (unpaired) electrons. The first-order valence-corrected chi connectivity index (χ1v) is 9.45. The minimum Gasteiger partial charge on any atom is -0.498 e. The Bertz CT molecular complexity index is 707. The molecule has 0 unspecified atom stereocenters. The second-order valence-corrected chi connectivity index (χ2v) is 6.89. The summed E-state index contributed by atoms with van der Waals surface area (Å²) in [4.78, 5) is 0. The maximum absolute atomic E-state index is 5.72. The molecule has 0 bridgehead atoms. The summed E-state index contributed by atoms with van der Waals surface area (Å²) in [5.74, 6) is 0.885. The van der Waals surface area contributed by atoms with E-state index in [-0.39, 0.29) is 5.41 Å². The van der Waals surface area contributed by atoms with Gasteiger partial charge in [0.15, 0.2) is 0 Å². The van der Waals surface area contributed by atoms with E-state index in [4.69, 9.17) is 9.47 Å². The molecular formula is C24H28O2. The molecule has 0 N–H and O–H groups in total. The Labute approximate surface area is 157 Å². The van der Waals surface area contributed by atoms with Gasteiger partial charge in [-0.05, 0) is 48.1 Å². The molecule has 0 atom stereocenters. The van der Waals surface area contributed by atoms with Gasteiger partial charge in [0, 0.05) is 5.41 Å². The fourth-order valence-corrected chi connectivity index (χ4v) is 4.01. The zero-order chi connectivity index (χ0) is 18.2. The monoisotopic (exact) mass is 348 g/mol. The van der Waals surface area contributed by atoms with Gasteiger partial charge in [0.2, 0.25) is 0 Å². The highest BCUT2D eigenvalue weighted by molar-refractivity contribution is 5.43. The van der Waals surface area contributed by atoms with Gasteiger partial charge < -0.3 is 9.47 Å². The first-order chi connectivity index (χ1) is 12.8. The molecule has 26 heavy (non-hydrogen) atoms. The van der Waals surface area contributed by atoms with Crippen LogP contribution in [0.4, 0.5) is 0 Å². The number of hydrogen-bond donors (Lipinski definition) is 0. The van der Waals surface area contributed by atoms with Gasteiger partial charge in [-0.15, -0.1) is 6.58 Å². The summed E-state index contributed by atoms with van der Waals surface area (Å²) in [5.41, 5.74) is 4.27. The maximum atomic E-state index is 5.72. The van der Waals surface area contributed by atoms with Crippen molar-refractivity contribution < 1.29 is 9.47 Å². The highest BCUT2D eigenvalue weighted by Crippen LogP contribution is 2.46. The fourth-order valence-electron chi connectivity index (χ4n) is 4.01. The van der Waals surface area contributed by atoms with Crippen molar-refractivity contribution >= 4 is 0 Å². The Balaban J connectivity index is 1.78. The molecule has 136 valence electrons. The molecule has 1 saturated carbocycles. The summed E-state index contributed by atoms with van der Waals surface area (Å²) >= 11 is 0. The largest absolute Gasteiger partial charge is 0.498 e. The molecular weight excluding hydrogens is 320 g/mol. The number of rotatable bonds is 9. The maximum Gasteiger partial charge on any atom is 0.122 e. The van der Waals surface area contributed by atoms with Crippen LogP contribution < -0.4 is 4.74 Å². The fraction of sp³-hybridized carbons (Fsp3) is 0.333. The Morgan fingerprint density at radius 1 is 0.846 bits per heavy atom. The van der Waals surface area contributed by atoms with E-state index in [1.807, 2.05) is 6.08 Å². The first kappa shape index (κ1) is 18.3. The van der Waals surface area contributed by atoms with Crippen molar-refractivity contribution in [3.05, 3.63) is 90.7 Å². The molecule has 0 heterocycles. The van der Waals surface area contributed by atoms with Crippen LogP contribution in [-0.2, 0) is 16.6 Å². The highest BCUT2D eigenvalue weighted by atomic mass is 16.5. The third kappa shape index (κ3) is 4.01. The Kier molecular flexibility index (Phi) is 6.17. The molecule has 3 rings (SSSR count). The Morgan fingerprint density at radius 3 is 2.04 bits per heavy atom. The topological polar surface area (TPSA) is 18.5 Å². The van der Waals surface area contributed by atoms with Gasteiger partial charge in [0.1, 0.15) is 19.0 Å². The molecule has 1 fully saturated rings. The zero-order valence-electron chi connectivity index (χ0n) is 15.5. The van der Waals surface area contributed by atoms with Crippen molar-refractivity contribution in [2.45, 2.75) is 37.5 Å². The van der Waals surface area contributed by atoms with Gasteiger partial charge in [-0.25, -0.2) is 0 Å².